The number of aldehydes is 1. The number of hydrogen-bond donors (Lipinski definition) is 0. The molecule has 0 unspecified atom stereocenters. The molecule has 0 saturated carbocycles. The summed E-state index contributed by atoms with van der Waals surface area (Å²) in [6, 6.07) is 2.23. The fourth-order valence-electron chi connectivity index (χ4n) is 1.30. The average Bonchev–Trinajstić information content (AvgIpc) is 2.21. The third-order valence-corrected chi connectivity index (χ3v) is 2.05. The summed E-state index contributed by atoms with van der Waals surface area (Å²) in [4.78, 5) is 10.1. The lowest BCUT2D eigenvalue weighted by Gasteiger charge is -2.06. The number of hydrogen-bond acceptors (Lipinski definition) is 2. The molecule has 2 nitrogen and oxygen atoms in total. The minimum Gasteiger partial charge on any atom is -0.380 e. The maximum atomic E-state index is 13.3. The van der Waals surface area contributed by atoms with E-state index in [4.69, 9.17) is 4.74 Å². The number of methoxy groups -OCH3 is 1. The Morgan fingerprint density at radius 3 is 2.47 bits per heavy atom. The van der Waals surface area contributed by atoms with Gasteiger partial charge in [0, 0.05) is 19.1 Å². The number of rotatable bonds is 5. The number of halogens is 2. The molecule has 82 valence electrons. The smallest absolute Gasteiger partial charge is 0.129 e. The number of carbonyl (C=O) groups is 1. The zero-order valence-electron chi connectivity index (χ0n) is 8.43. The molecule has 4 heteroatoms. The fourth-order valence-corrected chi connectivity index (χ4v) is 1.30. The van der Waals surface area contributed by atoms with Crippen molar-refractivity contribution in [1.82, 2.24) is 0 Å². The van der Waals surface area contributed by atoms with Crippen LogP contribution in [0.4, 0.5) is 8.78 Å². The van der Waals surface area contributed by atoms with E-state index in [1.807, 2.05) is 0 Å². The minimum absolute atomic E-state index is 0.0384. The van der Waals surface area contributed by atoms with Gasteiger partial charge < -0.3 is 9.53 Å². The average molecular weight is 214 g/mol. The largest absolute Gasteiger partial charge is 0.380 e. The van der Waals surface area contributed by atoms with E-state index < -0.39 is 11.6 Å². The van der Waals surface area contributed by atoms with Crippen LogP contribution in [0.3, 0.4) is 0 Å². The van der Waals surface area contributed by atoms with Gasteiger partial charge in [0.2, 0.25) is 0 Å². The summed E-state index contributed by atoms with van der Waals surface area (Å²) in [5.74, 6) is -0.996. The van der Waals surface area contributed by atoms with Crippen molar-refractivity contribution in [3.8, 4) is 0 Å². The van der Waals surface area contributed by atoms with Gasteiger partial charge in [0.1, 0.15) is 17.9 Å². The predicted octanol–water partition coefficient (Wildman–Crippen LogP) is 2.24. The van der Waals surface area contributed by atoms with E-state index in [0.717, 1.165) is 12.1 Å². The minimum atomic E-state index is -0.501. The van der Waals surface area contributed by atoms with Crippen molar-refractivity contribution in [1.29, 1.82) is 0 Å². The Bertz CT molecular complexity index is 351. The zero-order valence-corrected chi connectivity index (χ0v) is 8.43. The molecule has 0 heterocycles. The van der Waals surface area contributed by atoms with Crippen LogP contribution in [0.1, 0.15) is 17.5 Å². The number of benzene rings is 1. The molecule has 0 radical (unpaired) electrons. The van der Waals surface area contributed by atoms with E-state index in [1.165, 1.54) is 7.11 Å². The molecule has 0 aliphatic rings. The number of aryl methyl sites for hydroxylation is 1. The van der Waals surface area contributed by atoms with Gasteiger partial charge in [-0.3, -0.25) is 0 Å². The fraction of sp³-hybridized carbons (Fsp3) is 0.364. The van der Waals surface area contributed by atoms with E-state index in [9.17, 15) is 13.6 Å². The summed E-state index contributed by atoms with van der Waals surface area (Å²) in [6.07, 6.45) is 1.10. The first-order valence-electron chi connectivity index (χ1n) is 4.58. The van der Waals surface area contributed by atoms with Gasteiger partial charge in [0.15, 0.2) is 0 Å². The second kappa shape index (κ2) is 5.56. The molecule has 1 aromatic rings. The van der Waals surface area contributed by atoms with Crippen molar-refractivity contribution in [2.75, 3.05) is 7.11 Å². The molecule has 0 saturated heterocycles. The Labute approximate surface area is 86.9 Å². The van der Waals surface area contributed by atoms with Crippen LogP contribution in [0.5, 0.6) is 0 Å². The quantitative estimate of drug-likeness (QED) is 0.702. The van der Waals surface area contributed by atoms with Crippen molar-refractivity contribution >= 4 is 6.29 Å². The first kappa shape index (κ1) is 11.8. The lowest BCUT2D eigenvalue weighted by atomic mass is 10.1. The van der Waals surface area contributed by atoms with Crippen LogP contribution in [0.15, 0.2) is 12.1 Å². The Hall–Kier alpha value is -1.29. The molecule has 0 bridgehead atoms. The maximum Gasteiger partial charge on any atom is 0.129 e. The van der Waals surface area contributed by atoms with E-state index in [1.54, 1.807) is 0 Å². The van der Waals surface area contributed by atoms with Crippen molar-refractivity contribution in [2.45, 2.75) is 19.4 Å². The summed E-state index contributed by atoms with van der Waals surface area (Å²) in [7, 11) is 1.41. The van der Waals surface area contributed by atoms with Gasteiger partial charge in [-0.15, -0.1) is 0 Å². The Kier molecular flexibility index (Phi) is 4.37. The maximum absolute atomic E-state index is 13.3. The molecule has 0 aromatic heterocycles. The van der Waals surface area contributed by atoms with Crippen molar-refractivity contribution < 1.29 is 18.3 Å². The van der Waals surface area contributed by atoms with Crippen LogP contribution in [0.2, 0.25) is 0 Å². The van der Waals surface area contributed by atoms with Gasteiger partial charge in [-0.05, 0) is 24.1 Å². The third kappa shape index (κ3) is 3.09. The molecule has 0 aliphatic heterocycles. The monoisotopic (exact) mass is 214 g/mol. The van der Waals surface area contributed by atoms with E-state index in [2.05, 4.69) is 0 Å². The molecule has 0 atom stereocenters. The normalized spacial score (nSPS) is 10.3. The second-order valence-corrected chi connectivity index (χ2v) is 3.17. The molecule has 1 rings (SSSR count). The summed E-state index contributed by atoms with van der Waals surface area (Å²) < 4.78 is 31.4. The molecule has 0 amide bonds. The van der Waals surface area contributed by atoms with Crippen molar-refractivity contribution in [2.24, 2.45) is 0 Å². The molecular formula is C11H12F2O2. The highest BCUT2D eigenvalue weighted by Crippen LogP contribution is 2.16. The Morgan fingerprint density at radius 2 is 1.87 bits per heavy atom. The molecular weight excluding hydrogens is 202 g/mol. The van der Waals surface area contributed by atoms with Crippen LogP contribution in [-0.2, 0) is 22.6 Å². The summed E-state index contributed by atoms with van der Waals surface area (Å²) in [6.45, 7) is 0.0384. The van der Waals surface area contributed by atoms with Gasteiger partial charge in [0.05, 0.1) is 6.61 Å². The molecule has 0 spiro atoms. The highest BCUT2D eigenvalue weighted by molar-refractivity contribution is 5.50. The molecule has 0 fully saturated rings. The number of ether oxygens (including phenoxy) is 1. The molecule has 0 N–H and O–H groups in total. The Balaban J connectivity index is 2.91. The van der Waals surface area contributed by atoms with Gasteiger partial charge in [-0.2, -0.15) is 0 Å². The summed E-state index contributed by atoms with van der Waals surface area (Å²) in [5.41, 5.74) is 0.407. The van der Waals surface area contributed by atoms with Gasteiger partial charge in [-0.25, -0.2) is 8.78 Å². The SMILES string of the molecule is COCc1cc(F)c(CCC=O)cc1F. The highest BCUT2D eigenvalue weighted by atomic mass is 19.1. The third-order valence-electron chi connectivity index (χ3n) is 2.05. The Morgan fingerprint density at radius 1 is 1.27 bits per heavy atom. The van der Waals surface area contributed by atoms with Crippen molar-refractivity contribution in [3.05, 3.63) is 34.9 Å². The van der Waals surface area contributed by atoms with Crippen molar-refractivity contribution in [3.63, 3.8) is 0 Å². The summed E-state index contributed by atoms with van der Waals surface area (Å²) in [5, 5.41) is 0. The van der Waals surface area contributed by atoms with Gasteiger partial charge in [-0.1, -0.05) is 0 Å². The first-order chi connectivity index (χ1) is 7.19. The zero-order chi connectivity index (χ0) is 11.3. The van der Waals surface area contributed by atoms with Crippen LogP contribution in [0.25, 0.3) is 0 Å². The molecule has 0 aliphatic carbocycles. The molecule has 15 heavy (non-hydrogen) atoms. The molecule has 1 aromatic carbocycles. The highest BCUT2D eigenvalue weighted by Gasteiger charge is 2.09. The van der Waals surface area contributed by atoms with Crippen LogP contribution >= 0.6 is 0 Å². The van der Waals surface area contributed by atoms with E-state index in [-0.39, 0.29) is 30.6 Å². The topological polar surface area (TPSA) is 26.3 Å². The van der Waals surface area contributed by atoms with E-state index in [0.29, 0.717) is 6.29 Å². The van der Waals surface area contributed by atoms with Gasteiger partial charge >= 0.3 is 0 Å². The van der Waals surface area contributed by atoms with Crippen LogP contribution in [0, 0.1) is 11.6 Å². The van der Waals surface area contributed by atoms with Crippen LogP contribution < -0.4 is 0 Å². The van der Waals surface area contributed by atoms with E-state index >= 15 is 0 Å². The lowest BCUT2D eigenvalue weighted by Crippen LogP contribution is -1.99. The standard InChI is InChI=1S/C11H12F2O2/c1-15-7-9-6-10(12)8(3-2-4-14)5-11(9)13/h4-6H,2-3,7H2,1H3. The summed E-state index contributed by atoms with van der Waals surface area (Å²) >= 11 is 0. The number of carbonyl (C=O) groups excluding carboxylic acids is 1. The lowest BCUT2D eigenvalue weighted by molar-refractivity contribution is -0.107. The second-order valence-electron chi connectivity index (χ2n) is 3.17. The van der Waals surface area contributed by atoms with Gasteiger partial charge in [0.25, 0.3) is 0 Å². The first-order valence-corrected chi connectivity index (χ1v) is 4.58. The predicted molar refractivity (Wildman–Crippen MR) is 51.5 cm³/mol. The van der Waals surface area contributed by atoms with Crippen LogP contribution in [-0.4, -0.2) is 13.4 Å².